The van der Waals surface area contributed by atoms with Crippen molar-refractivity contribution >= 4 is 0 Å². The maximum Gasteiger partial charge on any atom is 0.118 e. The van der Waals surface area contributed by atoms with Crippen LogP contribution in [-0.2, 0) is 34.0 Å². The molecular weight excluding hydrogens is 448 g/mol. The van der Waals surface area contributed by atoms with E-state index < -0.39 is 0 Å². The van der Waals surface area contributed by atoms with Crippen molar-refractivity contribution in [3.8, 4) is 5.75 Å². The fourth-order valence-electron chi connectivity index (χ4n) is 4.05. The van der Waals surface area contributed by atoms with Crippen molar-refractivity contribution in [1.29, 1.82) is 0 Å². The summed E-state index contributed by atoms with van der Waals surface area (Å²) in [6, 6.07) is 28.7. The van der Waals surface area contributed by atoms with Crippen LogP contribution in [0.25, 0.3) is 0 Å². The Hall–Kier alpha value is -2.92. The molecule has 0 unspecified atom stereocenters. The van der Waals surface area contributed by atoms with E-state index in [1.807, 2.05) is 54.6 Å². The minimum atomic E-state index is -0.00936. The molecule has 0 radical (unpaired) electrons. The molecule has 3 aromatic rings. The average molecular weight is 489 g/mol. The fraction of sp³-hybridized carbons (Fsp3) is 0.375. The summed E-state index contributed by atoms with van der Waals surface area (Å²) in [5.74, 6) is 0.848. The van der Waals surface area contributed by atoms with Crippen LogP contribution in [0.15, 0.2) is 97.6 Å². The zero-order valence-electron chi connectivity index (χ0n) is 21.5. The smallest absolute Gasteiger partial charge is 0.118 e. The summed E-state index contributed by atoms with van der Waals surface area (Å²) in [7, 11) is 1.68. The molecule has 0 aromatic heterocycles. The van der Waals surface area contributed by atoms with Gasteiger partial charge in [-0.1, -0.05) is 78.9 Å². The first-order valence-corrected chi connectivity index (χ1v) is 12.9. The molecule has 0 spiro atoms. The summed E-state index contributed by atoms with van der Waals surface area (Å²) in [5.41, 5.74) is 3.50. The van der Waals surface area contributed by atoms with E-state index in [9.17, 15) is 0 Å². The fourth-order valence-corrected chi connectivity index (χ4v) is 4.05. The molecule has 0 N–H and O–H groups in total. The van der Waals surface area contributed by atoms with E-state index in [-0.39, 0.29) is 12.2 Å². The molecule has 4 heteroatoms. The Morgan fingerprint density at radius 2 is 1.22 bits per heavy atom. The van der Waals surface area contributed by atoms with Crippen molar-refractivity contribution < 1.29 is 18.9 Å². The molecule has 0 saturated heterocycles. The van der Waals surface area contributed by atoms with Crippen molar-refractivity contribution in [2.75, 3.05) is 13.7 Å². The third kappa shape index (κ3) is 10.4. The lowest BCUT2D eigenvalue weighted by Crippen LogP contribution is -2.32. The maximum atomic E-state index is 6.48. The molecule has 0 amide bonds. The Morgan fingerprint density at radius 3 is 1.81 bits per heavy atom. The molecule has 0 aliphatic carbocycles. The maximum absolute atomic E-state index is 6.48. The SMILES string of the molecule is C=CCC[C@@H](OCc1ccccc1)[C@H](CCCCOCc1ccccc1)OCc1ccc(OC)cc1. The Labute approximate surface area is 216 Å². The number of hydrogen-bond acceptors (Lipinski definition) is 4. The van der Waals surface area contributed by atoms with E-state index in [1.54, 1.807) is 7.11 Å². The lowest BCUT2D eigenvalue weighted by molar-refractivity contribution is -0.0922. The van der Waals surface area contributed by atoms with Crippen molar-refractivity contribution in [2.45, 2.75) is 64.1 Å². The van der Waals surface area contributed by atoms with Crippen LogP contribution in [0.3, 0.4) is 0 Å². The van der Waals surface area contributed by atoms with Crippen molar-refractivity contribution in [2.24, 2.45) is 0 Å². The Kier molecular flexibility index (Phi) is 12.8. The van der Waals surface area contributed by atoms with Gasteiger partial charge in [-0.05, 0) is 60.9 Å². The molecule has 0 aliphatic rings. The van der Waals surface area contributed by atoms with Crippen LogP contribution in [0.4, 0.5) is 0 Å². The van der Waals surface area contributed by atoms with Gasteiger partial charge in [0.25, 0.3) is 0 Å². The van der Waals surface area contributed by atoms with Gasteiger partial charge in [0.1, 0.15) is 5.75 Å². The highest BCUT2D eigenvalue weighted by molar-refractivity contribution is 5.26. The third-order valence-corrected chi connectivity index (χ3v) is 6.14. The molecule has 192 valence electrons. The second-order valence-corrected chi connectivity index (χ2v) is 8.93. The first-order valence-electron chi connectivity index (χ1n) is 12.9. The van der Waals surface area contributed by atoms with Crippen molar-refractivity contribution in [1.82, 2.24) is 0 Å². The Balaban J connectivity index is 1.55. The van der Waals surface area contributed by atoms with Crippen LogP contribution in [0.2, 0.25) is 0 Å². The first-order chi connectivity index (χ1) is 17.8. The summed E-state index contributed by atoms with van der Waals surface area (Å²) in [6.07, 6.45) is 6.63. The first kappa shape index (κ1) is 27.7. The monoisotopic (exact) mass is 488 g/mol. The zero-order chi connectivity index (χ0) is 25.3. The lowest BCUT2D eigenvalue weighted by atomic mass is 10.0. The number of unbranched alkanes of at least 4 members (excludes halogenated alkanes) is 1. The van der Waals surface area contributed by atoms with Gasteiger partial charge in [-0.3, -0.25) is 0 Å². The van der Waals surface area contributed by atoms with E-state index in [0.29, 0.717) is 19.8 Å². The van der Waals surface area contributed by atoms with E-state index in [4.69, 9.17) is 18.9 Å². The van der Waals surface area contributed by atoms with Crippen LogP contribution in [0.1, 0.15) is 48.8 Å². The summed E-state index contributed by atoms with van der Waals surface area (Å²) in [5, 5.41) is 0. The largest absolute Gasteiger partial charge is 0.497 e. The summed E-state index contributed by atoms with van der Waals surface area (Å²) in [4.78, 5) is 0. The van der Waals surface area contributed by atoms with Crippen LogP contribution < -0.4 is 4.74 Å². The topological polar surface area (TPSA) is 36.9 Å². The molecule has 0 saturated carbocycles. The van der Waals surface area contributed by atoms with Gasteiger partial charge in [-0.2, -0.15) is 0 Å². The van der Waals surface area contributed by atoms with E-state index in [1.165, 1.54) is 11.1 Å². The molecule has 4 nitrogen and oxygen atoms in total. The van der Waals surface area contributed by atoms with Crippen molar-refractivity contribution in [3.05, 3.63) is 114 Å². The summed E-state index contributed by atoms with van der Waals surface area (Å²) >= 11 is 0. The number of methoxy groups -OCH3 is 1. The second-order valence-electron chi connectivity index (χ2n) is 8.93. The lowest BCUT2D eigenvalue weighted by Gasteiger charge is -2.28. The summed E-state index contributed by atoms with van der Waals surface area (Å²) in [6.45, 7) is 6.42. The van der Waals surface area contributed by atoms with Crippen LogP contribution >= 0.6 is 0 Å². The van der Waals surface area contributed by atoms with Gasteiger partial charge >= 0.3 is 0 Å². The second kappa shape index (κ2) is 16.7. The molecule has 3 aromatic carbocycles. The highest BCUT2D eigenvalue weighted by Crippen LogP contribution is 2.21. The van der Waals surface area contributed by atoms with Crippen molar-refractivity contribution in [3.63, 3.8) is 0 Å². The number of hydrogen-bond donors (Lipinski definition) is 0. The van der Waals surface area contributed by atoms with Gasteiger partial charge in [-0.25, -0.2) is 0 Å². The number of ether oxygens (including phenoxy) is 4. The highest BCUT2D eigenvalue weighted by Gasteiger charge is 2.23. The third-order valence-electron chi connectivity index (χ3n) is 6.14. The molecule has 2 atom stereocenters. The molecule has 0 aliphatic heterocycles. The van der Waals surface area contributed by atoms with E-state index in [0.717, 1.165) is 50.0 Å². The van der Waals surface area contributed by atoms with Gasteiger partial charge < -0.3 is 18.9 Å². The number of rotatable bonds is 18. The van der Waals surface area contributed by atoms with E-state index in [2.05, 4.69) is 43.0 Å². The molecule has 3 rings (SSSR count). The number of benzene rings is 3. The van der Waals surface area contributed by atoms with E-state index >= 15 is 0 Å². The number of allylic oxidation sites excluding steroid dienone is 1. The predicted molar refractivity (Wildman–Crippen MR) is 146 cm³/mol. The normalized spacial score (nSPS) is 12.7. The standard InChI is InChI=1S/C32H40O4/c1-3-4-17-31(35-25-28-15-9-6-10-16-28)32(36-26-29-19-21-30(33-2)22-20-29)18-11-12-23-34-24-27-13-7-5-8-14-27/h3,5-10,13-16,19-22,31-32H,1,4,11-12,17-18,23-26H2,2H3/t31-,32+/m1/s1. The molecular formula is C32H40O4. The predicted octanol–water partition coefficient (Wildman–Crippen LogP) is 7.52. The Morgan fingerprint density at radius 1 is 0.667 bits per heavy atom. The zero-order valence-corrected chi connectivity index (χ0v) is 21.5. The molecule has 36 heavy (non-hydrogen) atoms. The Bertz CT molecular complexity index is 956. The van der Waals surface area contributed by atoms with Crippen LogP contribution in [-0.4, -0.2) is 25.9 Å². The van der Waals surface area contributed by atoms with Gasteiger partial charge in [0, 0.05) is 6.61 Å². The van der Waals surface area contributed by atoms with Gasteiger partial charge in [0.05, 0.1) is 39.1 Å². The quantitative estimate of drug-likeness (QED) is 0.137. The molecule has 0 heterocycles. The highest BCUT2D eigenvalue weighted by atomic mass is 16.5. The molecule has 0 bridgehead atoms. The van der Waals surface area contributed by atoms with Crippen LogP contribution in [0.5, 0.6) is 5.75 Å². The van der Waals surface area contributed by atoms with Gasteiger partial charge in [0.15, 0.2) is 0 Å². The van der Waals surface area contributed by atoms with Gasteiger partial charge in [-0.15, -0.1) is 6.58 Å². The average Bonchev–Trinajstić information content (AvgIpc) is 2.94. The molecule has 0 fully saturated rings. The summed E-state index contributed by atoms with van der Waals surface area (Å²) < 4.78 is 24.1. The van der Waals surface area contributed by atoms with Gasteiger partial charge in [0.2, 0.25) is 0 Å². The van der Waals surface area contributed by atoms with Crippen LogP contribution in [0, 0.1) is 0 Å². The minimum Gasteiger partial charge on any atom is -0.497 e. The minimum absolute atomic E-state index is 0.00769.